The summed E-state index contributed by atoms with van der Waals surface area (Å²) in [5.41, 5.74) is 1.41. The van der Waals surface area contributed by atoms with E-state index in [1.165, 1.54) is 5.56 Å². The van der Waals surface area contributed by atoms with Gasteiger partial charge in [0.05, 0.1) is 0 Å². The fourth-order valence-corrected chi connectivity index (χ4v) is 2.37. The van der Waals surface area contributed by atoms with Gasteiger partial charge >= 0.3 is 0 Å². The Kier molecular flexibility index (Phi) is 4.13. The molecule has 3 nitrogen and oxygen atoms in total. The van der Waals surface area contributed by atoms with Crippen molar-refractivity contribution < 1.29 is 0 Å². The van der Waals surface area contributed by atoms with Gasteiger partial charge in [-0.15, -0.1) is 0 Å². The second-order valence-corrected chi connectivity index (χ2v) is 4.77. The predicted molar refractivity (Wildman–Crippen MR) is 67.5 cm³/mol. The Labute approximate surface area is 100 Å². The van der Waals surface area contributed by atoms with E-state index < -0.39 is 0 Å². The molecule has 0 aliphatic heterocycles. The summed E-state index contributed by atoms with van der Waals surface area (Å²) in [5, 5.41) is 8.53. The largest absolute Gasteiger partial charge is 0.302 e. The van der Waals surface area contributed by atoms with Crippen LogP contribution >= 0.6 is 11.3 Å². The Morgan fingerprint density at radius 3 is 3.12 bits per heavy atom. The molecule has 0 N–H and O–H groups in total. The number of hydrogen-bond acceptors (Lipinski definition) is 3. The molecule has 0 spiro atoms. The molecule has 86 valence electrons. The van der Waals surface area contributed by atoms with Crippen molar-refractivity contribution >= 4 is 11.3 Å². The van der Waals surface area contributed by atoms with E-state index in [1.807, 2.05) is 23.1 Å². The van der Waals surface area contributed by atoms with E-state index in [0.29, 0.717) is 0 Å². The lowest BCUT2D eigenvalue weighted by atomic mass is 10.3. The van der Waals surface area contributed by atoms with Crippen LogP contribution in [0.15, 0.2) is 35.3 Å². The predicted octanol–water partition coefficient (Wildman–Crippen LogP) is 2.47. The summed E-state index contributed by atoms with van der Waals surface area (Å²) >= 11 is 1.76. The van der Waals surface area contributed by atoms with Crippen LogP contribution in [0.2, 0.25) is 0 Å². The van der Waals surface area contributed by atoms with Crippen molar-refractivity contribution in [1.29, 1.82) is 0 Å². The minimum atomic E-state index is 1.00. The van der Waals surface area contributed by atoms with Gasteiger partial charge < -0.3 is 4.90 Å². The number of aromatic nitrogens is 2. The molecular formula is C12H17N3S. The molecule has 2 aromatic heterocycles. The smallest absolute Gasteiger partial charge is 0.0489 e. The van der Waals surface area contributed by atoms with Crippen LogP contribution in [0, 0.1) is 0 Å². The minimum Gasteiger partial charge on any atom is -0.302 e. The Morgan fingerprint density at radius 2 is 2.44 bits per heavy atom. The van der Waals surface area contributed by atoms with E-state index in [-0.39, 0.29) is 0 Å². The van der Waals surface area contributed by atoms with Gasteiger partial charge in [-0.2, -0.15) is 16.4 Å². The van der Waals surface area contributed by atoms with Crippen LogP contribution in [-0.4, -0.2) is 28.3 Å². The molecule has 0 atom stereocenters. The lowest BCUT2D eigenvalue weighted by Gasteiger charge is -2.15. The zero-order valence-electron chi connectivity index (χ0n) is 9.54. The highest BCUT2D eigenvalue weighted by atomic mass is 32.1. The standard InChI is InChI=1S/C12H17N3S/c1-14(10-12-4-9-16-11-12)6-3-8-15-7-2-5-13-15/h2,4-5,7,9,11H,3,6,8,10H2,1H3. The van der Waals surface area contributed by atoms with Gasteiger partial charge in [0.1, 0.15) is 0 Å². The quantitative estimate of drug-likeness (QED) is 0.767. The molecule has 0 fully saturated rings. The van der Waals surface area contributed by atoms with Crippen molar-refractivity contribution in [3.63, 3.8) is 0 Å². The van der Waals surface area contributed by atoms with Crippen molar-refractivity contribution in [1.82, 2.24) is 14.7 Å². The molecule has 4 heteroatoms. The van der Waals surface area contributed by atoms with Crippen molar-refractivity contribution in [3.8, 4) is 0 Å². The topological polar surface area (TPSA) is 21.1 Å². The Bertz CT molecular complexity index is 380. The molecule has 0 saturated carbocycles. The first kappa shape index (κ1) is 11.4. The second kappa shape index (κ2) is 5.82. The minimum absolute atomic E-state index is 1.00. The summed E-state index contributed by atoms with van der Waals surface area (Å²) in [6, 6.07) is 4.16. The Balaban J connectivity index is 1.66. The molecule has 2 aromatic rings. The lowest BCUT2D eigenvalue weighted by molar-refractivity contribution is 0.312. The van der Waals surface area contributed by atoms with Gasteiger partial charge in [-0.25, -0.2) is 0 Å². The molecule has 0 bridgehead atoms. The number of hydrogen-bond donors (Lipinski definition) is 0. The molecule has 0 aliphatic rings. The molecule has 0 amide bonds. The molecular weight excluding hydrogens is 218 g/mol. The summed E-state index contributed by atoms with van der Waals surface area (Å²) in [7, 11) is 2.17. The van der Waals surface area contributed by atoms with Gasteiger partial charge in [-0.3, -0.25) is 4.68 Å². The molecule has 0 aromatic carbocycles. The third-order valence-electron chi connectivity index (χ3n) is 2.52. The average molecular weight is 235 g/mol. The van der Waals surface area contributed by atoms with Gasteiger partial charge in [-0.05, 0) is 48.5 Å². The first-order valence-corrected chi connectivity index (χ1v) is 6.46. The van der Waals surface area contributed by atoms with Crippen molar-refractivity contribution in [3.05, 3.63) is 40.8 Å². The Hall–Kier alpha value is -1.13. The van der Waals surface area contributed by atoms with E-state index in [1.54, 1.807) is 11.3 Å². The third kappa shape index (κ3) is 3.47. The number of thiophene rings is 1. The van der Waals surface area contributed by atoms with Gasteiger partial charge in [0.2, 0.25) is 0 Å². The van der Waals surface area contributed by atoms with E-state index in [9.17, 15) is 0 Å². The van der Waals surface area contributed by atoms with Crippen LogP contribution in [0.4, 0.5) is 0 Å². The molecule has 0 aliphatic carbocycles. The fourth-order valence-electron chi connectivity index (χ4n) is 1.71. The maximum absolute atomic E-state index is 4.19. The molecule has 2 rings (SSSR count). The summed E-state index contributed by atoms with van der Waals surface area (Å²) in [5.74, 6) is 0. The highest BCUT2D eigenvalue weighted by Crippen LogP contribution is 2.08. The second-order valence-electron chi connectivity index (χ2n) is 3.99. The van der Waals surface area contributed by atoms with Crippen LogP contribution in [0.3, 0.4) is 0 Å². The number of nitrogens with zero attached hydrogens (tertiary/aromatic N) is 3. The highest BCUT2D eigenvalue weighted by Gasteiger charge is 2.00. The lowest BCUT2D eigenvalue weighted by Crippen LogP contribution is -2.20. The number of aryl methyl sites for hydroxylation is 1. The van der Waals surface area contributed by atoms with Crippen LogP contribution in [0.5, 0.6) is 0 Å². The van der Waals surface area contributed by atoms with Crippen LogP contribution in [-0.2, 0) is 13.1 Å². The number of rotatable bonds is 6. The van der Waals surface area contributed by atoms with Gasteiger partial charge in [-0.1, -0.05) is 0 Å². The molecule has 0 saturated heterocycles. The van der Waals surface area contributed by atoms with Crippen molar-refractivity contribution in [2.75, 3.05) is 13.6 Å². The maximum Gasteiger partial charge on any atom is 0.0489 e. The summed E-state index contributed by atoms with van der Waals surface area (Å²) in [6.07, 6.45) is 4.98. The van der Waals surface area contributed by atoms with E-state index in [0.717, 1.165) is 26.1 Å². The van der Waals surface area contributed by atoms with E-state index in [4.69, 9.17) is 0 Å². The van der Waals surface area contributed by atoms with Crippen LogP contribution in [0.1, 0.15) is 12.0 Å². The summed E-state index contributed by atoms with van der Waals surface area (Å²) < 4.78 is 1.98. The molecule has 0 radical (unpaired) electrons. The van der Waals surface area contributed by atoms with Gasteiger partial charge in [0.25, 0.3) is 0 Å². The van der Waals surface area contributed by atoms with Gasteiger partial charge in [0, 0.05) is 25.5 Å². The maximum atomic E-state index is 4.19. The Morgan fingerprint density at radius 1 is 1.50 bits per heavy atom. The SMILES string of the molecule is CN(CCCn1cccn1)Cc1ccsc1. The first-order chi connectivity index (χ1) is 7.84. The van der Waals surface area contributed by atoms with Crippen LogP contribution in [0.25, 0.3) is 0 Å². The first-order valence-electron chi connectivity index (χ1n) is 5.51. The van der Waals surface area contributed by atoms with Crippen molar-refractivity contribution in [2.24, 2.45) is 0 Å². The highest BCUT2D eigenvalue weighted by molar-refractivity contribution is 7.07. The monoisotopic (exact) mass is 235 g/mol. The third-order valence-corrected chi connectivity index (χ3v) is 3.25. The van der Waals surface area contributed by atoms with Crippen molar-refractivity contribution in [2.45, 2.75) is 19.5 Å². The zero-order chi connectivity index (χ0) is 11.2. The van der Waals surface area contributed by atoms with Crippen LogP contribution < -0.4 is 0 Å². The summed E-state index contributed by atoms with van der Waals surface area (Å²) in [4.78, 5) is 2.35. The fraction of sp³-hybridized carbons (Fsp3) is 0.417. The average Bonchev–Trinajstić information content (AvgIpc) is 2.90. The zero-order valence-corrected chi connectivity index (χ0v) is 10.4. The molecule has 16 heavy (non-hydrogen) atoms. The molecule has 0 unspecified atom stereocenters. The van der Waals surface area contributed by atoms with E-state index in [2.05, 4.69) is 33.9 Å². The summed E-state index contributed by atoms with van der Waals surface area (Å²) in [6.45, 7) is 3.15. The van der Waals surface area contributed by atoms with Gasteiger partial charge in [0.15, 0.2) is 0 Å². The van der Waals surface area contributed by atoms with E-state index >= 15 is 0 Å². The normalized spacial score (nSPS) is 11.1. The molecule has 2 heterocycles.